The molecule has 110 valence electrons. The first-order valence-electron chi connectivity index (χ1n) is 6.41. The molecule has 0 bridgehead atoms. The number of aromatic nitrogens is 2. The Kier molecular flexibility index (Phi) is 4.55. The third kappa shape index (κ3) is 4.07. The van der Waals surface area contributed by atoms with Gasteiger partial charge in [-0.05, 0) is 30.3 Å². The number of carbonyl (C=O) groups is 2. The number of aryl methyl sites for hydroxylation is 1. The van der Waals surface area contributed by atoms with Gasteiger partial charge in [0.05, 0.1) is 5.56 Å². The van der Waals surface area contributed by atoms with Gasteiger partial charge in [-0.1, -0.05) is 0 Å². The molecular formula is C14H16N4O3. The molecule has 0 radical (unpaired) electrons. The summed E-state index contributed by atoms with van der Waals surface area (Å²) in [5, 5.41) is 18.2. The maximum Gasteiger partial charge on any atom is 0.335 e. The van der Waals surface area contributed by atoms with Crippen LogP contribution < -0.4 is 10.6 Å². The Balaban J connectivity index is 1.79. The van der Waals surface area contributed by atoms with Gasteiger partial charge in [0.25, 0.3) is 0 Å². The lowest BCUT2D eigenvalue weighted by Gasteiger charge is -2.08. The van der Waals surface area contributed by atoms with E-state index < -0.39 is 5.97 Å². The van der Waals surface area contributed by atoms with E-state index in [4.69, 9.17) is 5.11 Å². The molecule has 0 aliphatic rings. The highest BCUT2D eigenvalue weighted by atomic mass is 16.4. The number of carbonyl (C=O) groups excluding carboxylic acids is 1. The molecule has 0 saturated heterocycles. The normalized spacial score (nSPS) is 10.1. The third-order valence-electron chi connectivity index (χ3n) is 2.98. The second kappa shape index (κ2) is 6.56. The van der Waals surface area contributed by atoms with Gasteiger partial charge in [-0.3, -0.25) is 4.68 Å². The molecule has 21 heavy (non-hydrogen) atoms. The standard InChI is InChI=1S/C14H16N4O3/c1-18-12(7-9-16-18)6-8-15-14(21)17-11-4-2-10(3-5-11)13(19)20/h2-5,7,9H,6,8H2,1H3,(H,19,20)(H2,15,17,21). The highest BCUT2D eigenvalue weighted by Crippen LogP contribution is 2.09. The minimum Gasteiger partial charge on any atom is -0.478 e. The summed E-state index contributed by atoms with van der Waals surface area (Å²) in [6, 6.07) is 7.53. The lowest BCUT2D eigenvalue weighted by molar-refractivity contribution is 0.0697. The van der Waals surface area contributed by atoms with Crippen LogP contribution in [0.15, 0.2) is 36.5 Å². The summed E-state index contributed by atoms with van der Waals surface area (Å²) in [7, 11) is 1.85. The average Bonchev–Trinajstić information content (AvgIpc) is 2.85. The summed E-state index contributed by atoms with van der Waals surface area (Å²) in [5.41, 5.74) is 1.75. The van der Waals surface area contributed by atoms with Crippen LogP contribution in [0, 0.1) is 0 Å². The largest absolute Gasteiger partial charge is 0.478 e. The second-order valence-corrected chi connectivity index (χ2v) is 4.46. The average molecular weight is 288 g/mol. The van der Waals surface area contributed by atoms with E-state index in [0.717, 1.165) is 5.69 Å². The molecule has 0 atom stereocenters. The number of nitrogens with zero attached hydrogens (tertiary/aromatic N) is 2. The number of nitrogens with one attached hydrogen (secondary N) is 2. The van der Waals surface area contributed by atoms with Crippen molar-refractivity contribution in [1.29, 1.82) is 0 Å². The third-order valence-corrected chi connectivity index (χ3v) is 2.98. The quantitative estimate of drug-likeness (QED) is 0.776. The highest BCUT2D eigenvalue weighted by molar-refractivity contribution is 5.91. The SMILES string of the molecule is Cn1nccc1CCNC(=O)Nc1ccc(C(=O)O)cc1. The molecule has 0 fully saturated rings. The first kappa shape index (κ1) is 14.6. The predicted octanol–water partition coefficient (Wildman–Crippen LogP) is 1.48. The van der Waals surface area contributed by atoms with Crippen molar-refractivity contribution in [3.63, 3.8) is 0 Å². The van der Waals surface area contributed by atoms with E-state index in [1.165, 1.54) is 12.1 Å². The lowest BCUT2D eigenvalue weighted by Crippen LogP contribution is -2.30. The fraction of sp³-hybridized carbons (Fsp3) is 0.214. The Morgan fingerprint density at radius 1 is 1.24 bits per heavy atom. The van der Waals surface area contributed by atoms with Crippen LogP contribution in [-0.2, 0) is 13.5 Å². The van der Waals surface area contributed by atoms with E-state index in [0.29, 0.717) is 18.7 Å². The van der Waals surface area contributed by atoms with Crippen molar-refractivity contribution in [3.05, 3.63) is 47.8 Å². The van der Waals surface area contributed by atoms with Crippen LogP contribution in [0.1, 0.15) is 16.1 Å². The van der Waals surface area contributed by atoms with Crippen molar-refractivity contribution < 1.29 is 14.7 Å². The van der Waals surface area contributed by atoms with Crippen molar-refractivity contribution in [1.82, 2.24) is 15.1 Å². The summed E-state index contributed by atoms with van der Waals surface area (Å²) < 4.78 is 1.75. The van der Waals surface area contributed by atoms with Crippen LogP contribution in [0.3, 0.4) is 0 Å². The smallest absolute Gasteiger partial charge is 0.335 e. The monoisotopic (exact) mass is 288 g/mol. The molecule has 0 spiro atoms. The Morgan fingerprint density at radius 3 is 2.52 bits per heavy atom. The van der Waals surface area contributed by atoms with E-state index in [2.05, 4.69) is 15.7 Å². The number of amides is 2. The Hall–Kier alpha value is -2.83. The minimum absolute atomic E-state index is 0.178. The van der Waals surface area contributed by atoms with Crippen molar-refractivity contribution in [2.45, 2.75) is 6.42 Å². The van der Waals surface area contributed by atoms with E-state index in [9.17, 15) is 9.59 Å². The zero-order chi connectivity index (χ0) is 15.2. The van der Waals surface area contributed by atoms with Gasteiger partial charge in [-0.2, -0.15) is 5.10 Å². The molecule has 3 N–H and O–H groups in total. The molecule has 7 heteroatoms. The van der Waals surface area contributed by atoms with Gasteiger partial charge < -0.3 is 15.7 Å². The Bertz CT molecular complexity index is 634. The van der Waals surface area contributed by atoms with Gasteiger partial charge in [0, 0.05) is 37.6 Å². The molecule has 0 unspecified atom stereocenters. The Morgan fingerprint density at radius 2 is 1.95 bits per heavy atom. The fourth-order valence-electron chi connectivity index (χ4n) is 1.82. The molecule has 2 aromatic rings. The molecule has 2 rings (SSSR count). The number of aromatic carboxylic acids is 1. The molecule has 1 heterocycles. The predicted molar refractivity (Wildman–Crippen MR) is 77.3 cm³/mol. The topological polar surface area (TPSA) is 96.3 Å². The number of anilines is 1. The maximum atomic E-state index is 11.7. The molecule has 0 aliphatic carbocycles. The van der Waals surface area contributed by atoms with Gasteiger partial charge in [-0.25, -0.2) is 9.59 Å². The highest BCUT2D eigenvalue weighted by Gasteiger charge is 2.05. The van der Waals surface area contributed by atoms with E-state index in [1.54, 1.807) is 23.0 Å². The van der Waals surface area contributed by atoms with Crippen LogP contribution in [0.4, 0.5) is 10.5 Å². The van der Waals surface area contributed by atoms with Crippen molar-refractivity contribution in [2.75, 3.05) is 11.9 Å². The number of rotatable bonds is 5. The zero-order valence-corrected chi connectivity index (χ0v) is 11.5. The molecule has 1 aromatic carbocycles. The van der Waals surface area contributed by atoms with Crippen LogP contribution in [-0.4, -0.2) is 33.4 Å². The van der Waals surface area contributed by atoms with Crippen molar-refractivity contribution >= 4 is 17.7 Å². The van der Waals surface area contributed by atoms with Crippen LogP contribution in [0.25, 0.3) is 0 Å². The maximum absolute atomic E-state index is 11.7. The van der Waals surface area contributed by atoms with Crippen molar-refractivity contribution in [2.24, 2.45) is 7.05 Å². The second-order valence-electron chi connectivity index (χ2n) is 4.46. The number of hydrogen-bond acceptors (Lipinski definition) is 3. The number of urea groups is 1. The van der Waals surface area contributed by atoms with E-state index in [-0.39, 0.29) is 11.6 Å². The summed E-state index contributed by atoms with van der Waals surface area (Å²) in [4.78, 5) is 22.4. The zero-order valence-electron chi connectivity index (χ0n) is 11.5. The van der Waals surface area contributed by atoms with Gasteiger partial charge >= 0.3 is 12.0 Å². The number of benzene rings is 1. The van der Waals surface area contributed by atoms with E-state index in [1.807, 2.05) is 13.1 Å². The van der Waals surface area contributed by atoms with Crippen LogP contribution >= 0.6 is 0 Å². The molecular weight excluding hydrogens is 272 g/mol. The first-order chi connectivity index (χ1) is 10.1. The first-order valence-corrected chi connectivity index (χ1v) is 6.41. The van der Waals surface area contributed by atoms with Crippen LogP contribution in [0.2, 0.25) is 0 Å². The summed E-state index contributed by atoms with van der Waals surface area (Å²) in [6.45, 7) is 0.485. The number of hydrogen-bond donors (Lipinski definition) is 3. The molecule has 0 saturated carbocycles. The van der Waals surface area contributed by atoms with Gasteiger partial charge in [0.1, 0.15) is 0 Å². The van der Waals surface area contributed by atoms with E-state index >= 15 is 0 Å². The van der Waals surface area contributed by atoms with Gasteiger partial charge in [0.2, 0.25) is 0 Å². The number of carboxylic acids is 1. The van der Waals surface area contributed by atoms with Gasteiger partial charge in [-0.15, -0.1) is 0 Å². The van der Waals surface area contributed by atoms with Gasteiger partial charge in [0.15, 0.2) is 0 Å². The molecule has 0 aliphatic heterocycles. The fourth-order valence-corrected chi connectivity index (χ4v) is 1.82. The van der Waals surface area contributed by atoms with Crippen molar-refractivity contribution in [3.8, 4) is 0 Å². The lowest BCUT2D eigenvalue weighted by atomic mass is 10.2. The molecule has 7 nitrogen and oxygen atoms in total. The van der Waals surface area contributed by atoms with Crippen LogP contribution in [0.5, 0.6) is 0 Å². The summed E-state index contributed by atoms with van der Waals surface area (Å²) in [5.74, 6) is -0.998. The summed E-state index contributed by atoms with van der Waals surface area (Å²) >= 11 is 0. The summed E-state index contributed by atoms with van der Waals surface area (Å²) in [6.07, 6.45) is 2.39. The minimum atomic E-state index is -0.998. The number of carboxylic acid groups (broad SMARTS) is 1. The molecule has 1 aromatic heterocycles. The Labute approximate surface area is 121 Å². The molecule has 2 amide bonds.